The maximum atomic E-state index is 12.7. The monoisotopic (exact) mass is 325 g/mol. The maximum absolute atomic E-state index is 12.7. The summed E-state index contributed by atoms with van der Waals surface area (Å²) in [4.78, 5) is 27.1. The molecule has 124 valence electrons. The molecule has 3 rings (SSSR count). The van der Waals surface area contributed by atoms with Gasteiger partial charge in [-0.1, -0.05) is 19.8 Å². The molecule has 22 heavy (non-hydrogen) atoms. The molecule has 5 nitrogen and oxygen atoms in total. The molecular weight excluding hydrogens is 298 g/mol. The van der Waals surface area contributed by atoms with E-state index in [1.807, 2.05) is 4.90 Å². The first-order chi connectivity index (χ1) is 10.7. The molecule has 1 saturated carbocycles. The summed E-state index contributed by atoms with van der Waals surface area (Å²) in [6, 6.07) is -0.0250. The Morgan fingerprint density at radius 2 is 2.00 bits per heavy atom. The van der Waals surface area contributed by atoms with E-state index in [2.05, 4.69) is 17.6 Å². The largest absolute Gasteiger partial charge is 0.351 e. The van der Waals surface area contributed by atoms with Crippen LogP contribution in [-0.4, -0.2) is 53.5 Å². The normalized spacial score (nSPS) is 33.1. The van der Waals surface area contributed by atoms with Gasteiger partial charge >= 0.3 is 0 Å². The van der Waals surface area contributed by atoms with Crippen LogP contribution >= 0.6 is 11.8 Å². The summed E-state index contributed by atoms with van der Waals surface area (Å²) in [6.45, 7) is 4.08. The number of piperidine rings is 1. The summed E-state index contributed by atoms with van der Waals surface area (Å²) >= 11 is 1.70. The first kappa shape index (κ1) is 16.1. The van der Waals surface area contributed by atoms with Crippen molar-refractivity contribution in [3.8, 4) is 0 Å². The fourth-order valence-corrected chi connectivity index (χ4v) is 4.96. The van der Waals surface area contributed by atoms with E-state index in [9.17, 15) is 9.59 Å². The molecule has 6 heteroatoms. The average Bonchev–Trinajstić information content (AvgIpc) is 3.20. The molecule has 0 aromatic heterocycles. The summed E-state index contributed by atoms with van der Waals surface area (Å²) in [5, 5.41) is 6.55. The summed E-state index contributed by atoms with van der Waals surface area (Å²) < 4.78 is 0. The zero-order valence-electron chi connectivity index (χ0n) is 13.3. The van der Waals surface area contributed by atoms with E-state index < -0.39 is 0 Å². The van der Waals surface area contributed by atoms with Gasteiger partial charge in [-0.25, -0.2) is 0 Å². The van der Waals surface area contributed by atoms with Crippen molar-refractivity contribution >= 4 is 23.6 Å². The molecule has 2 N–H and O–H groups in total. The topological polar surface area (TPSA) is 61.4 Å². The molecule has 0 radical (unpaired) electrons. The number of amides is 2. The van der Waals surface area contributed by atoms with Crippen LogP contribution in [0.4, 0.5) is 0 Å². The smallest absolute Gasteiger partial charge is 0.243 e. The van der Waals surface area contributed by atoms with Gasteiger partial charge in [-0.15, -0.1) is 11.8 Å². The molecule has 3 fully saturated rings. The Morgan fingerprint density at radius 1 is 1.23 bits per heavy atom. The Bertz CT molecular complexity index is 426. The van der Waals surface area contributed by atoms with Crippen LogP contribution in [0.1, 0.15) is 39.0 Å². The van der Waals surface area contributed by atoms with E-state index in [4.69, 9.17) is 0 Å². The van der Waals surface area contributed by atoms with Crippen LogP contribution in [0, 0.1) is 11.8 Å². The summed E-state index contributed by atoms with van der Waals surface area (Å²) in [5.41, 5.74) is 0. The Labute approximate surface area is 137 Å². The van der Waals surface area contributed by atoms with Crippen LogP contribution in [0.15, 0.2) is 0 Å². The number of hydrogen-bond acceptors (Lipinski definition) is 4. The fraction of sp³-hybridized carbons (Fsp3) is 0.875. The van der Waals surface area contributed by atoms with Crippen molar-refractivity contribution in [1.82, 2.24) is 15.5 Å². The lowest BCUT2D eigenvalue weighted by Crippen LogP contribution is -2.55. The summed E-state index contributed by atoms with van der Waals surface area (Å²) in [7, 11) is 0. The van der Waals surface area contributed by atoms with Crippen LogP contribution in [0.2, 0.25) is 0 Å². The van der Waals surface area contributed by atoms with Gasteiger partial charge in [0.25, 0.3) is 0 Å². The molecule has 1 aliphatic carbocycles. The van der Waals surface area contributed by atoms with E-state index in [-0.39, 0.29) is 29.8 Å². The Balaban J connectivity index is 1.59. The molecule has 2 heterocycles. The maximum Gasteiger partial charge on any atom is 0.243 e. The summed E-state index contributed by atoms with van der Waals surface area (Å²) in [6.07, 6.45) is 5.28. The number of rotatable bonds is 3. The zero-order chi connectivity index (χ0) is 15.5. The van der Waals surface area contributed by atoms with E-state index in [0.29, 0.717) is 11.8 Å². The van der Waals surface area contributed by atoms with Gasteiger partial charge in [0.15, 0.2) is 0 Å². The van der Waals surface area contributed by atoms with Crippen molar-refractivity contribution in [3.63, 3.8) is 0 Å². The van der Waals surface area contributed by atoms with Gasteiger partial charge in [0.1, 0.15) is 6.04 Å². The minimum Gasteiger partial charge on any atom is -0.351 e. The van der Waals surface area contributed by atoms with Gasteiger partial charge < -0.3 is 15.5 Å². The molecule has 0 aromatic carbocycles. The number of nitrogens with zero attached hydrogens (tertiary/aromatic N) is 1. The lowest BCUT2D eigenvalue weighted by atomic mass is 9.95. The van der Waals surface area contributed by atoms with E-state index in [1.54, 1.807) is 11.8 Å². The molecule has 2 aliphatic heterocycles. The summed E-state index contributed by atoms with van der Waals surface area (Å²) in [5.74, 6) is 2.28. The van der Waals surface area contributed by atoms with Gasteiger partial charge in [0.05, 0.1) is 5.88 Å². The molecule has 2 saturated heterocycles. The number of thioether (sulfide) groups is 1. The SMILES string of the molecule is CC1CNCCC1NC(=O)C1CSCN1C(=O)C1CCCC1. The van der Waals surface area contributed by atoms with Crippen LogP contribution < -0.4 is 10.6 Å². The van der Waals surface area contributed by atoms with Crippen molar-refractivity contribution in [2.24, 2.45) is 11.8 Å². The first-order valence-electron chi connectivity index (χ1n) is 8.56. The minimum atomic E-state index is -0.264. The Morgan fingerprint density at radius 3 is 2.73 bits per heavy atom. The van der Waals surface area contributed by atoms with Crippen LogP contribution in [0.5, 0.6) is 0 Å². The van der Waals surface area contributed by atoms with E-state index in [0.717, 1.165) is 50.9 Å². The average molecular weight is 325 g/mol. The molecule has 3 atom stereocenters. The minimum absolute atomic E-state index is 0.0510. The third-order valence-electron chi connectivity index (χ3n) is 5.29. The predicted octanol–water partition coefficient (Wildman–Crippen LogP) is 1.19. The van der Waals surface area contributed by atoms with Gasteiger partial charge in [-0.05, 0) is 38.3 Å². The van der Waals surface area contributed by atoms with Gasteiger partial charge in [-0.3, -0.25) is 9.59 Å². The van der Waals surface area contributed by atoms with Crippen molar-refractivity contribution < 1.29 is 9.59 Å². The van der Waals surface area contributed by atoms with Crippen molar-refractivity contribution in [2.45, 2.75) is 51.1 Å². The number of nitrogens with one attached hydrogen (secondary N) is 2. The molecular formula is C16H27N3O2S. The number of carbonyl (C=O) groups excluding carboxylic acids is 2. The van der Waals surface area contributed by atoms with Crippen LogP contribution in [-0.2, 0) is 9.59 Å². The molecule has 0 spiro atoms. The molecule has 2 amide bonds. The van der Waals surface area contributed by atoms with Gasteiger partial charge in [0, 0.05) is 17.7 Å². The third kappa shape index (κ3) is 3.43. The molecule has 3 aliphatic rings. The predicted molar refractivity (Wildman–Crippen MR) is 88.5 cm³/mol. The first-order valence-corrected chi connectivity index (χ1v) is 9.71. The molecule has 0 bridgehead atoms. The Kier molecular flexibility index (Phi) is 5.29. The lowest BCUT2D eigenvalue weighted by Gasteiger charge is -2.32. The number of hydrogen-bond donors (Lipinski definition) is 2. The standard InChI is InChI=1S/C16H27N3O2S/c1-11-8-17-7-6-13(11)18-15(20)14-9-22-10-19(14)16(21)12-4-2-3-5-12/h11-14,17H,2-10H2,1H3,(H,18,20). The quantitative estimate of drug-likeness (QED) is 0.818. The highest BCUT2D eigenvalue weighted by atomic mass is 32.2. The van der Waals surface area contributed by atoms with E-state index in [1.165, 1.54) is 0 Å². The van der Waals surface area contributed by atoms with Crippen molar-refractivity contribution in [3.05, 3.63) is 0 Å². The highest BCUT2D eigenvalue weighted by Crippen LogP contribution is 2.31. The molecule has 0 aromatic rings. The van der Waals surface area contributed by atoms with Gasteiger partial charge in [0.2, 0.25) is 11.8 Å². The Hall–Kier alpha value is -0.750. The van der Waals surface area contributed by atoms with Crippen LogP contribution in [0.3, 0.4) is 0 Å². The second-order valence-corrected chi connectivity index (χ2v) is 7.89. The highest BCUT2D eigenvalue weighted by Gasteiger charge is 2.39. The van der Waals surface area contributed by atoms with Crippen LogP contribution in [0.25, 0.3) is 0 Å². The van der Waals surface area contributed by atoms with Crippen molar-refractivity contribution in [2.75, 3.05) is 24.7 Å². The molecule has 3 unspecified atom stereocenters. The van der Waals surface area contributed by atoms with Crippen molar-refractivity contribution in [1.29, 1.82) is 0 Å². The second-order valence-electron chi connectivity index (χ2n) is 6.89. The fourth-order valence-electron chi connectivity index (χ4n) is 3.79. The highest BCUT2D eigenvalue weighted by molar-refractivity contribution is 7.99. The zero-order valence-corrected chi connectivity index (χ0v) is 14.2. The second kappa shape index (κ2) is 7.21. The lowest BCUT2D eigenvalue weighted by molar-refractivity contribution is -0.141. The van der Waals surface area contributed by atoms with Gasteiger partial charge in [-0.2, -0.15) is 0 Å². The van der Waals surface area contributed by atoms with E-state index >= 15 is 0 Å². The number of carbonyl (C=O) groups is 2. The third-order valence-corrected chi connectivity index (χ3v) is 6.30.